The van der Waals surface area contributed by atoms with E-state index in [4.69, 9.17) is 4.74 Å². The van der Waals surface area contributed by atoms with Crippen LogP contribution in [0.3, 0.4) is 0 Å². The van der Waals surface area contributed by atoms with Crippen molar-refractivity contribution in [3.05, 3.63) is 99.9 Å². The number of hydrogen-bond acceptors (Lipinski definition) is 8. The highest BCUT2D eigenvalue weighted by Gasteiger charge is 2.32. The summed E-state index contributed by atoms with van der Waals surface area (Å²) < 4.78 is 34.2. The molecule has 0 radical (unpaired) electrons. The highest BCUT2D eigenvalue weighted by Crippen LogP contribution is 2.34. The van der Waals surface area contributed by atoms with Crippen molar-refractivity contribution in [1.82, 2.24) is 14.5 Å². The molecule has 9 nitrogen and oxygen atoms in total. The number of sulfone groups is 1. The van der Waals surface area contributed by atoms with E-state index in [1.807, 2.05) is 19.9 Å². The predicted molar refractivity (Wildman–Crippen MR) is 145 cm³/mol. The zero-order valence-electron chi connectivity index (χ0n) is 21.8. The van der Waals surface area contributed by atoms with Crippen LogP contribution in [0, 0.1) is 18.3 Å². The molecular formula is C29H28N4O5S. The summed E-state index contributed by atoms with van der Waals surface area (Å²) in [7, 11) is -4.46. The number of aromatic nitrogens is 3. The van der Waals surface area contributed by atoms with Gasteiger partial charge in [0.05, 0.1) is 22.6 Å². The van der Waals surface area contributed by atoms with Gasteiger partial charge in [0, 0.05) is 24.1 Å². The number of aromatic hydroxyl groups is 1. The van der Waals surface area contributed by atoms with Crippen LogP contribution in [0.2, 0.25) is 0 Å². The van der Waals surface area contributed by atoms with E-state index in [9.17, 15) is 23.6 Å². The first-order valence-electron chi connectivity index (χ1n) is 12.4. The topological polar surface area (TPSA) is 135 Å². The Morgan fingerprint density at radius 3 is 2.49 bits per heavy atom. The molecule has 39 heavy (non-hydrogen) atoms. The molecule has 2 aromatic heterocycles. The van der Waals surface area contributed by atoms with Gasteiger partial charge in [0.25, 0.3) is 5.56 Å². The Morgan fingerprint density at radius 1 is 1.10 bits per heavy atom. The average Bonchev–Trinajstić information content (AvgIpc) is 2.94. The van der Waals surface area contributed by atoms with E-state index in [-0.39, 0.29) is 17.3 Å². The first kappa shape index (κ1) is 27.7. The van der Waals surface area contributed by atoms with E-state index >= 15 is 0 Å². The van der Waals surface area contributed by atoms with E-state index in [0.717, 1.165) is 16.8 Å². The largest absolute Gasteiger partial charge is 0.493 e. The standard InChI is InChI=1S/C29H28N4O5S/c1-4-25(22-9-6-8-20(16-22)17-30)33-26(18-38-5-2)32-28(34)27(29(33)35)39(36,37)23-13-11-21(12-14-23)24-10-7-15-31-19(24)3/h6-16,25,35H,4-5,18H2,1-3H3. The van der Waals surface area contributed by atoms with Crippen LogP contribution in [-0.4, -0.2) is 34.7 Å². The summed E-state index contributed by atoms with van der Waals surface area (Å²) in [6.07, 6.45) is 2.08. The van der Waals surface area contributed by atoms with Crippen LogP contribution >= 0.6 is 0 Å². The number of ether oxygens (including phenoxy) is 1. The number of nitriles is 1. The molecule has 2 heterocycles. The monoisotopic (exact) mass is 544 g/mol. The molecule has 0 saturated carbocycles. The van der Waals surface area contributed by atoms with Crippen molar-refractivity contribution in [3.8, 4) is 23.1 Å². The smallest absolute Gasteiger partial charge is 0.296 e. The molecule has 0 bridgehead atoms. The molecule has 2 aromatic carbocycles. The van der Waals surface area contributed by atoms with Crippen LogP contribution in [0.1, 0.15) is 49.0 Å². The molecule has 0 aliphatic heterocycles. The van der Waals surface area contributed by atoms with Crippen LogP contribution in [0.25, 0.3) is 11.1 Å². The zero-order valence-corrected chi connectivity index (χ0v) is 22.6. The summed E-state index contributed by atoms with van der Waals surface area (Å²) in [5.74, 6) is -0.652. The van der Waals surface area contributed by atoms with Crippen LogP contribution in [0.5, 0.6) is 5.88 Å². The molecular weight excluding hydrogens is 516 g/mol. The Morgan fingerprint density at radius 2 is 1.85 bits per heavy atom. The summed E-state index contributed by atoms with van der Waals surface area (Å²) in [5, 5.41) is 20.8. The molecule has 1 unspecified atom stereocenters. The summed E-state index contributed by atoms with van der Waals surface area (Å²) in [6, 6.07) is 18.0. The Balaban J connectivity index is 1.88. The molecule has 0 aliphatic carbocycles. The Kier molecular flexibility index (Phi) is 8.24. The number of rotatable bonds is 9. The van der Waals surface area contributed by atoms with Crippen molar-refractivity contribution in [2.75, 3.05) is 6.61 Å². The minimum absolute atomic E-state index is 0.0786. The maximum Gasteiger partial charge on any atom is 0.296 e. The highest BCUT2D eigenvalue weighted by atomic mass is 32.2. The molecule has 4 aromatic rings. The molecule has 0 fully saturated rings. The first-order chi connectivity index (χ1) is 18.7. The summed E-state index contributed by atoms with van der Waals surface area (Å²) in [4.78, 5) is 20.4. The van der Waals surface area contributed by atoms with Crippen molar-refractivity contribution >= 4 is 9.84 Å². The minimum Gasteiger partial charge on any atom is -0.493 e. The SMILES string of the molecule is CCOCc1nc(=O)c(S(=O)(=O)c2ccc(-c3cccnc3C)cc2)c(O)n1C(CC)c1cccc(C#N)c1. The van der Waals surface area contributed by atoms with Crippen molar-refractivity contribution < 1.29 is 18.3 Å². The van der Waals surface area contributed by atoms with Gasteiger partial charge >= 0.3 is 0 Å². The lowest BCUT2D eigenvalue weighted by Crippen LogP contribution is -2.28. The van der Waals surface area contributed by atoms with Gasteiger partial charge in [-0.2, -0.15) is 10.2 Å². The molecule has 0 saturated heterocycles. The molecule has 10 heteroatoms. The number of hydrogen-bond donors (Lipinski definition) is 1. The van der Waals surface area contributed by atoms with E-state index in [0.29, 0.717) is 24.2 Å². The average molecular weight is 545 g/mol. The quantitative estimate of drug-likeness (QED) is 0.324. The van der Waals surface area contributed by atoms with Gasteiger partial charge in [0.15, 0.2) is 4.90 Å². The van der Waals surface area contributed by atoms with Gasteiger partial charge in [-0.05, 0) is 61.7 Å². The molecule has 200 valence electrons. The van der Waals surface area contributed by atoms with E-state index in [1.54, 1.807) is 55.6 Å². The zero-order chi connectivity index (χ0) is 28.2. The van der Waals surface area contributed by atoms with Crippen molar-refractivity contribution in [3.63, 3.8) is 0 Å². The third kappa shape index (κ3) is 5.46. The van der Waals surface area contributed by atoms with Crippen molar-refractivity contribution in [2.45, 2.75) is 49.6 Å². The molecule has 0 aliphatic rings. The summed E-state index contributed by atoms with van der Waals surface area (Å²) in [5.41, 5.74) is 2.37. The number of aryl methyl sites for hydroxylation is 1. The molecule has 0 spiro atoms. The van der Waals surface area contributed by atoms with Crippen LogP contribution in [-0.2, 0) is 21.2 Å². The van der Waals surface area contributed by atoms with E-state index in [1.165, 1.54) is 16.7 Å². The van der Waals surface area contributed by atoms with Gasteiger partial charge in [-0.1, -0.05) is 37.3 Å². The van der Waals surface area contributed by atoms with Crippen molar-refractivity contribution in [2.24, 2.45) is 0 Å². The number of nitrogens with zero attached hydrogens (tertiary/aromatic N) is 4. The molecule has 0 amide bonds. The van der Waals surface area contributed by atoms with Gasteiger partial charge in [-0.3, -0.25) is 14.3 Å². The van der Waals surface area contributed by atoms with Gasteiger partial charge in [0.1, 0.15) is 12.4 Å². The van der Waals surface area contributed by atoms with Gasteiger partial charge < -0.3 is 9.84 Å². The summed E-state index contributed by atoms with van der Waals surface area (Å²) in [6.45, 7) is 5.67. The first-order valence-corrected chi connectivity index (χ1v) is 13.9. The second-order valence-corrected chi connectivity index (χ2v) is 10.7. The Bertz CT molecular complexity index is 1710. The van der Waals surface area contributed by atoms with Crippen LogP contribution < -0.4 is 5.56 Å². The highest BCUT2D eigenvalue weighted by molar-refractivity contribution is 7.91. The number of pyridine rings is 1. The van der Waals surface area contributed by atoms with Gasteiger partial charge in [0.2, 0.25) is 15.7 Å². The molecule has 1 N–H and O–H groups in total. The lowest BCUT2D eigenvalue weighted by molar-refractivity contribution is 0.121. The van der Waals surface area contributed by atoms with Crippen LogP contribution in [0.15, 0.2) is 81.4 Å². The third-order valence-electron chi connectivity index (χ3n) is 6.42. The fourth-order valence-electron chi connectivity index (χ4n) is 4.51. The lowest BCUT2D eigenvalue weighted by Gasteiger charge is -2.25. The van der Waals surface area contributed by atoms with E-state index < -0.39 is 32.2 Å². The Labute approximate surface area is 226 Å². The second-order valence-electron chi connectivity index (χ2n) is 8.82. The van der Waals surface area contributed by atoms with Crippen molar-refractivity contribution in [1.29, 1.82) is 5.26 Å². The van der Waals surface area contributed by atoms with E-state index in [2.05, 4.69) is 16.0 Å². The maximum absolute atomic E-state index is 13.7. The lowest BCUT2D eigenvalue weighted by atomic mass is 10.0. The third-order valence-corrected chi connectivity index (χ3v) is 8.21. The maximum atomic E-state index is 13.7. The molecule has 4 rings (SSSR count). The second kappa shape index (κ2) is 11.6. The summed E-state index contributed by atoms with van der Waals surface area (Å²) >= 11 is 0. The van der Waals surface area contributed by atoms with Gasteiger partial charge in [-0.25, -0.2) is 8.42 Å². The normalized spacial score (nSPS) is 12.2. The number of benzene rings is 2. The minimum atomic E-state index is -4.46. The van der Waals surface area contributed by atoms with Crippen LogP contribution in [0.4, 0.5) is 0 Å². The Hall–Kier alpha value is -4.33. The predicted octanol–water partition coefficient (Wildman–Crippen LogP) is 4.56. The fraction of sp³-hybridized carbons (Fsp3) is 0.241. The molecule has 1 atom stereocenters. The fourth-order valence-corrected chi connectivity index (χ4v) is 5.85. The van der Waals surface area contributed by atoms with Gasteiger partial charge in [-0.15, -0.1) is 0 Å².